The molecule has 0 radical (unpaired) electrons. The Labute approximate surface area is 114 Å². The highest BCUT2D eigenvalue weighted by Gasteiger charge is 2.32. The zero-order valence-corrected chi connectivity index (χ0v) is 11.7. The van der Waals surface area contributed by atoms with Crippen molar-refractivity contribution in [2.24, 2.45) is 0 Å². The number of thiazole rings is 1. The molecule has 2 heterocycles. The van der Waals surface area contributed by atoms with Gasteiger partial charge in [0.2, 0.25) is 5.88 Å². The Morgan fingerprint density at radius 1 is 1.37 bits per heavy atom. The van der Waals surface area contributed by atoms with E-state index >= 15 is 0 Å². The SMILES string of the molecule is COc1cccc(-c2nc(C(C)(C)C(=O)O)cs2)n1. The fourth-order valence-electron chi connectivity index (χ4n) is 1.44. The molecule has 0 aliphatic carbocycles. The lowest BCUT2D eigenvalue weighted by molar-refractivity contribution is -0.142. The van der Waals surface area contributed by atoms with E-state index in [2.05, 4.69) is 9.97 Å². The lowest BCUT2D eigenvalue weighted by Crippen LogP contribution is -2.28. The summed E-state index contributed by atoms with van der Waals surface area (Å²) in [6.45, 7) is 3.26. The largest absolute Gasteiger partial charge is 0.481 e. The first-order valence-electron chi connectivity index (χ1n) is 5.66. The molecule has 0 spiro atoms. The molecule has 0 saturated heterocycles. The number of hydrogen-bond donors (Lipinski definition) is 1. The van der Waals surface area contributed by atoms with Crippen molar-refractivity contribution in [3.8, 4) is 16.6 Å². The van der Waals surface area contributed by atoms with Gasteiger partial charge in [0.25, 0.3) is 0 Å². The first kappa shape index (κ1) is 13.5. The maximum absolute atomic E-state index is 11.2. The molecule has 0 atom stereocenters. The zero-order chi connectivity index (χ0) is 14.0. The second-order valence-electron chi connectivity index (χ2n) is 4.53. The van der Waals surface area contributed by atoms with Crippen molar-refractivity contribution in [3.05, 3.63) is 29.3 Å². The Morgan fingerprint density at radius 2 is 2.11 bits per heavy atom. The number of hydrogen-bond acceptors (Lipinski definition) is 5. The smallest absolute Gasteiger partial charge is 0.315 e. The molecule has 0 aliphatic heterocycles. The first-order chi connectivity index (χ1) is 8.95. The highest BCUT2D eigenvalue weighted by molar-refractivity contribution is 7.13. The Bertz CT molecular complexity index is 607. The summed E-state index contributed by atoms with van der Waals surface area (Å²) in [7, 11) is 1.55. The molecule has 2 aromatic heterocycles. The number of aromatic nitrogens is 2. The minimum absolute atomic E-state index is 0.506. The predicted molar refractivity (Wildman–Crippen MR) is 72.6 cm³/mol. The van der Waals surface area contributed by atoms with Crippen LogP contribution in [0.5, 0.6) is 5.88 Å². The molecule has 0 fully saturated rings. The van der Waals surface area contributed by atoms with E-state index in [0.29, 0.717) is 22.3 Å². The van der Waals surface area contributed by atoms with Crippen LogP contribution in [-0.4, -0.2) is 28.2 Å². The molecule has 0 aliphatic rings. The van der Waals surface area contributed by atoms with Gasteiger partial charge in [0.1, 0.15) is 16.1 Å². The molecule has 6 heteroatoms. The molecular formula is C13H14N2O3S. The van der Waals surface area contributed by atoms with E-state index in [9.17, 15) is 9.90 Å². The fraction of sp³-hybridized carbons (Fsp3) is 0.308. The molecule has 1 N–H and O–H groups in total. The summed E-state index contributed by atoms with van der Waals surface area (Å²) in [6.07, 6.45) is 0. The number of carboxylic acid groups (broad SMARTS) is 1. The molecule has 2 rings (SSSR count). The van der Waals surface area contributed by atoms with Gasteiger partial charge in [-0.3, -0.25) is 4.79 Å². The second kappa shape index (κ2) is 4.97. The summed E-state index contributed by atoms with van der Waals surface area (Å²) >= 11 is 1.37. The van der Waals surface area contributed by atoms with Crippen molar-refractivity contribution in [2.45, 2.75) is 19.3 Å². The Morgan fingerprint density at radius 3 is 2.74 bits per heavy atom. The summed E-state index contributed by atoms with van der Waals surface area (Å²) in [4.78, 5) is 19.8. The van der Waals surface area contributed by atoms with Gasteiger partial charge in [0.15, 0.2) is 0 Å². The maximum Gasteiger partial charge on any atom is 0.315 e. The van der Waals surface area contributed by atoms with Crippen molar-refractivity contribution >= 4 is 17.3 Å². The molecule has 0 amide bonds. The Hall–Kier alpha value is -1.95. The van der Waals surface area contributed by atoms with Crippen LogP contribution in [0, 0.1) is 0 Å². The monoisotopic (exact) mass is 278 g/mol. The quantitative estimate of drug-likeness (QED) is 0.930. The number of nitrogens with zero attached hydrogens (tertiary/aromatic N) is 2. The van der Waals surface area contributed by atoms with E-state index in [-0.39, 0.29) is 0 Å². The van der Waals surface area contributed by atoms with E-state index in [0.717, 1.165) is 0 Å². The highest BCUT2D eigenvalue weighted by atomic mass is 32.1. The van der Waals surface area contributed by atoms with Gasteiger partial charge in [0, 0.05) is 11.4 Å². The second-order valence-corrected chi connectivity index (χ2v) is 5.39. The lowest BCUT2D eigenvalue weighted by Gasteiger charge is -2.15. The molecule has 5 nitrogen and oxygen atoms in total. The molecule has 0 saturated carbocycles. The van der Waals surface area contributed by atoms with E-state index in [4.69, 9.17) is 4.74 Å². The normalized spacial score (nSPS) is 11.3. The van der Waals surface area contributed by atoms with Crippen LogP contribution in [-0.2, 0) is 10.2 Å². The van der Waals surface area contributed by atoms with Crippen molar-refractivity contribution in [1.29, 1.82) is 0 Å². The van der Waals surface area contributed by atoms with Gasteiger partial charge < -0.3 is 9.84 Å². The van der Waals surface area contributed by atoms with Crippen LogP contribution >= 0.6 is 11.3 Å². The van der Waals surface area contributed by atoms with E-state index < -0.39 is 11.4 Å². The average Bonchev–Trinajstić information content (AvgIpc) is 2.89. The minimum Gasteiger partial charge on any atom is -0.481 e. The van der Waals surface area contributed by atoms with E-state index in [1.54, 1.807) is 32.4 Å². The van der Waals surface area contributed by atoms with Crippen molar-refractivity contribution in [1.82, 2.24) is 9.97 Å². The predicted octanol–water partition coefficient (Wildman–Crippen LogP) is 2.58. The van der Waals surface area contributed by atoms with Gasteiger partial charge in [-0.25, -0.2) is 9.97 Å². The highest BCUT2D eigenvalue weighted by Crippen LogP contribution is 2.30. The number of carbonyl (C=O) groups is 1. The van der Waals surface area contributed by atoms with Gasteiger partial charge in [-0.1, -0.05) is 6.07 Å². The van der Waals surface area contributed by atoms with Crippen LogP contribution in [0.15, 0.2) is 23.6 Å². The maximum atomic E-state index is 11.2. The molecule has 0 bridgehead atoms. The summed E-state index contributed by atoms with van der Waals surface area (Å²) in [5.74, 6) is -0.394. The van der Waals surface area contributed by atoms with Gasteiger partial charge in [-0.2, -0.15) is 0 Å². The van der Waals surface area contributed by atoms with Crippen LogP contribution in [0.2, 0.25) is 0 Å². The molecule has 2 aromatic rings. The minimum atomic E-state index is -1.01. The fourth-order valence-corrected chi connectivity index (χ4v) is 2.39. The lowest BCUT2D eigenvalue weighted by atomic mass is 9.90. The van der Waals surface area contributed by atoms with Crippen LogP contribution < -0.4 is 4.74 Å². The standard InChI is InChI=1S/C13H14N2O3S/c1-13(2,12(16)17)9-7-19-11(15-9)8-5-4-6-10(14-8)18-3/h4-7H,1-3H3,(H,16,17). The zero-order valence-electron chi connectivity index (χ0n) is 10.9. The third-order valence-corrected chi connectivity index (χ3v) is 3.70. The van der Waals surface area contributed by atoms with Gasteiger partial charge in [-0.05, 0) is 19.9 Å². The van der Waals surface area contributed by atoms with Crippen molar-refractivity contribution in [3.63, 3.8) is 0 Å². The van der Waals surface area contributed by atoms with E-state index in [1.165, 1.54) is 11.3 Å². The molecule has 100 valence electrons. The van der Waals surface area contributed by atoms with Crippen molar-refractivity contribution < 1.29 is 14.6 Å². The molecular weight excluding hydrogens is 264 g/mol. The molecule has 19 heavy (non-hydrogen) atoms. The number of ether oxygens (including phenoxy) is 1. The molecule has 0 unspecified atom stereocenters. The van der Waals surface area contributed by atoms with Gasteiger partial charge >= 0.3 is 5.97 Å². The van der Waals surface area contributed by atoms with Crippen LogP contribution in [0.25, 0.3) is 10.7 Å². The van der Waals surface area contributed by atoms with Crippen LogP contribution in [0.4, 0.5) is 0 Å². The third-order valence-electron chi connectivity index (χ3n) is 2.83. The van der Waals surface area contributed by atoms with Crippen molar-refractivity contribution in [2.75, 3.05) is 7.11 Å². The number of pyridine rings is 1. The van der Waals surface area contributed by atoms with Gasteiger partial charge in [0.05, 0.1) is 12.8 Å². The van der Waals surface area contributed by atoms with Gasteiger partial charge in [-0.15, -0.1) is 11.3 Å². The van der Waals surface area contributed by atoms with E-state index in [1.807, 2.05) is 12.1 Å². The molecule has 0 aromatic carbocycles. The summed E-state index contributed by atoms with van der Waals surface area (Å²) < 4.78 is 5.06. The number of carboxylic acids is 1. The summed E-state index contributed by atoms with van der Waals surface area (Å²) in [6, 6.07) is 5.39. The number of aliphatic carboxylic acids is 1. The average molecular weight is 278 g/mol. The Kier molecular flexibility index (Phi) is 3.53. The topological polar surface area (TPSA) is 72.3 Å². The third kappa shape index (κ3) is 2.58. The number of rotatable bonds is 4. The number of methoxy groups -OCH3 is 1. The van der Waals surface area contributed by atoms with Crippen LogP contribution in [0.3, 0.4) is 0 Å². The Balaban J connectivity index is 2.38. The summed E-state index contributed by atoms with van der Waals surface area (Å²) in [5, 5.41) is 11.6. The summed E-state index contributed by atoms with van der Waals surface area (Å²) in [5.41, 5.74) is 0.203. The van der Waals surface area contributed by atoms with Crippen LogP contribution in [0.1, 0.15) is 19.5 Å². The first-order valence-corrected chi connectivity index (χ1v) is 6.54.